The van der Waals surface area contributed by atoms with Gasteiger partial charge in [0.15, 0.2) is 0 Å². The predicted octanol–water partition coefficient (Wildman–Crippen LogP) is 3.23. The van der Waals surface area contributed by atoms with Crippen LogP contribution in [0, 0.1) is 6.92 Å². The number of nitrogen functional groups attached to an aromatic ring is 1. The van der Waals surface area contributed by atoms with Crippen molar-refractivity contribution in [1.82, 2.24) is 9.88 Å². The smallest absolute Gasteiger partial charge is 0.0897 e. The number of aromatic nitrogens is 1. The highest BCUT2D eigenvalue weighted by atomic mass is 32.1. The summed E-state index contributed by atoms with van der Waals surface area (Å²) in [4.78, 5) is 6.79. The molecule has 0 bridgehead atoms. The Hall–Kier alpha value is -1.39. The van der Waals surface area contributed by atoms with Crippen LogP contribution in [0.2, 0.25) is 0 Å². The largest absolute Gasteiger partial charge is 0.399 e. The van der Waals surface area contributed by atoms with E-state index in [0.29, 0.717) is 6.04 Å². The summed E-state index contributed by atoms with van der Waals surface area (Å²) in [7, 11) is 2.12. The maximum absolute atomic E-state index is 5.71. The van der Waals surface area contributed by atoms with Gasteiger partial charge in [0.1, 0.15) is 0 Å². The van der Waals surface area contributed by atoms with Crippen LogP contribution in [0.15, 0.2) is 29.6 Å². The molecule has 0 fully saturated rings. The van der Waals surface area contributed by atoms with E-state index in [9.17, 15) is 0 Å². The lowest BCUT2D eigenvalue weighted by atomic mass is 10.1. The van der Waals surface area contributed by atoms with Crippen molar-refractivity contribution in [3.05, 3.63) is 45.9 Å². The minimum absolute atomic E-state index is 0.354. The second-order valence-electron chi connectivity index (χ2n) is 4.62. The topological polar surface area (TPSA) is 42.2 Å². The van der Waals surface area contributed by atoms with Crippen LogP contribution < -0.4 is 5.73 Å². The predicted molar refractivity (Wildman–Crippen MR) is 77.6 cm³/mol. The summed E-state index contributed by atoms with van der Waals surface area (Å²) < 4.78 is 0. The highest BCUT2D eigenvalue weighted by Gasteiger charge is 2.12. The second-order valence-corrected chi connectivity index (χ2v) is 5.68. The monoisotopic (exact) mass is 261 g/mol. The third-order valence-electron chi connectivity index (χ3n) is 3.16. The van der Waals surface area contributed by atoms with Gasteiger partial charge in [0.05, 0.1) is 10.7 Å². The van der Waals surface area contributed by atoms with E-state index in [-0.39, 0.29) is 0 Å². The first-order valence-corrected chi connectivity index (χ1v) is 6.91. The van der Waals surface area contributed by atoms with Crippen molar-refractivity contribution in [2.24, 2.45) is 0 Å². The molecule has 0 radical (unpaired) electrons. The zero-order valence-electron chi connectivity index (χ0n) is 11.1. The summed E-state index contributed by atoms with van der Waals surface area (Å²) in [6.07, 6.45) is 0. The fraction of sp³-hybridized carbons (Fsp3) is 0.357. The first-order chi connectivity index (χ1) is 8.56. The van der Waals surface area contributed by atoms with Crippen molar-refractivity contribution in [2.75, 3.05) is 12.8 Å². The lowest BCUT2D eigenvalue weighted by Gasteiger charge is -2.24. The maximum Gasteiger partial charge on any atom is 0.0897 e. The molecule has 0 aliphatic heterocycles. The highest BCUT2D eigenvalue weighted by Crippen LogP contribution is 2.22. The van der Waals surface area contributed by atoms with Gasteiger partial charge >= 0.3 is 0 Å². The molecule has 0 amide bonds. The van der Waals surface area contributed by atoms with Gasteiger partial charge in [0.25, 0.3) is 0 Å². The van der Waals surface area contributed by atoms with Crippen LogP contribution in [-0.2, 0) is 6.54 Å². The van der Waals surface area contributed by atoms with Gasteiger partial charge in [-0.25, -0.2) is 4.98 Å². The SMILES string of the molecule is Cc1nc(CN(C)C(C)c2ccc(N)cc2)cs1. The minimum Gasteiger partial charge on any atom is -0.399 e. The molecule has 1 aromatic heterocycles. The van der Waals surface area contributed by atoms with Crippen molar-refractivity contribution in [3.63, 3.8) is 0 Å². The Morgan fingerprint density at radius 2 is 2.00 bits per heavy atom. The first kappa shape index (κ1) is 13.1. The summed E-state index contributed by atoms with van der Waals surface area (Å²) in [5, 5.41) is 3.25. The van der Waals surface area contributed by atoms with Crippen molar-refractivity contribution in [1.29, 1.82) is 0 Å². The fourth-order valence-corrected chi connectivity index (χ4v) is 2.51. The molecule has 0 spiro atoms. The molecule has 18 heavy (non-hydrogen) atoms. The van der Waals surface area contributed by atoms with Crippen LogP contribution in [0.3, 0.4) is 0 Å². The molecular formula is C14H19N3S. The van der Waals surface area contributed by atoms with E-state index in [1.165, 1.54) is 5.56 Å². The van der Waals surface area contributed by atoms with Crippen LogP contribution in [-0.4, -0.2) is 16.9 Å². The number of hydrogen-bond acceptors (Lipinski definition) is 4. The standard InChI is InChI=1S/C14H19N3S/c1-10(12-4-6-13(15)7-5-12)17(3)8-14-9-18-11(2)16-14/h4-7,9-10H,8,15H2,1-3H3. The van der Waals surface area contributed by atoms with Crippen LogP contribution in [0.4, 0.5) is 5.69 Å². The van der Waals surface area contributed by atoms with Crippen molar-refractivity contribution in [2.45, 2.75) is 26.4 Å². The lowest BCUT2D eigenvalue weighted by Crippen LogP contribution is -2.22. The molecule has 0 saturated carbocycles. The average Bonchev–Trinajstić information content (AvgIpc) is 2.75. The normalized spacial score (nSPS) is 12.9. The van der Waals surface area contributed by atoms with Crippen LogP contribution >= 0.6 is 11.3 Å². The zero-order valence-corrected chi connectivity index (χ0v) is 11.9. The Kier molecular flexibility index (Phi) is 3.99. The molecule has 2 N–H and O–H groups in total. The number of thiazole rings is 1. The molecule has 2 aromatic rings. The third kappa shape index (κ3) is 3.09. The fourth-order valence-electron chi connectivity index (χ4n) is 1.90. The summed E-state index contributed by atoms with van der Waals surface area (Å²) in [5.41, 5.74) is 8.93. The second kappa shape index (κ2) is 5.50. The molecule has 1 atom stereocenters. The zero-order chi connectivity index (χ0) is 13.1. The molecular weight excluding hydrogens is 242 g/mol. The van der Waals surface area contributed by atoms with Gasteiger partial charge in [-0.2, -0.15) is 0 Å². The van der Waals surface area contributed by atoms with Gasteiger partial charge in [0.2, 0.25) is 0 Å². The number of anilines is 1. The van der Waals surface area contributed by atoms with Crippen molar-refractivity contribution in [3.8, 4) is 0 Å². The van der Waals surface area contributed by atoms with E-state index >= 15 is 0 Å². The van der Waals surface area contributed by atoms with E-state index < -0.39 is 0 Å². The molecule has 0 aliphatic rings. The number of rotatable bonds is 4. The summed E-state index contributed by atoms with van der Waals surface area (Å²) in [6.45, 7) is 5.11. The lowest BCUT2D eigenvalue weighted by molar-refractivity contribution is 0.250. The van der Waals surface area contributed by atoms with Crippen LogP contribution in [0.25, 0.3) is 0 Å². The number of benzene rings is 1. The van der Waals surface area contributed by atoms with Gasteiger partial charge in [-0.15, -0.1) is 11.3 Å². The van der Waals surface area contributed by atoms with Crippen molar-refractivity contribution < 1.29 is 0 Å². The molecule has 0 aliphatic carbocycles. The molecule has 2 rings (SSSR count). The van der Waals surface area contributed by atoms with Crippen LogP contribution in [0.1, 0.15) is 29.2 Å². The Bertz CT molecular complexity index is 504. The summed E-state index contributed by atoms with van der Waals surface area (Å²) in [5.74, 6) is 0. The van der Waals surface area contributed by atoms with E-state index in [1.807, 2.05) is 19.1 Å². The Morgan fingerprint density at radius 1 is 1.33 bits per heavy atom. The number of aryl methyl sites for hydroxylation is 1. The number of nitrogens with two attached hydrogens (primary N) is 1. The summed E-state index contributed by atoms with van der Waals surface area (Å²) in [6, 6.07) is 8.43. The number of nitrogens with zero attached hydrogens (tertiary/aromatic N) is 2. The summed E-state index contributed by atoms with van der Waals surface area (Å²) >= 11 is 1.70. The van der Waals surface area contributed by atoms with Gasteiger partial charge in [-0.1, -0.05) is 12.1 Å². The van der Waals surface area contributed by atoms with Crippen molar-refractivity contribution >= 4 is 17.0 Å². The minimum atomic E-state index is 0.354. The Morgan fingerprint density at radius 3 is 2.56 bits per heavy atom. The van der Waals surface area contributed by atoms with Gasteiger partial charge in [0, 0.05) is 23.7 Å². The molecule has 96 valence electrons. The van der Waals surface area contributed by atoms with E-state index in [1.54, 1.807) is 11.3 Å². The van der Waals surface area contributed by atoms with Crippen LogP contribution in [0.5, 0.6) is 0 Å². The van der Waals surface area contributed by atoms with Gasteiger partial charge in [-0.3, -0.25) is 4.90 Å². The third-order valence-corrected chi connectivity index (χ3v) is 3.98. The van der Waals surface area contributed by atoms with Gasteiger partial charge in [-0.05, 0) is 38.6 Å². The van der Waals surface area contributed by atoms with Gasteiger partial charge < -0.3 is 5.73 Å². The van der Waals surface area contributed by atoms with E-state index in [2.05, 4.69) is 41.4 Å². The Labute approximate surface area is 112 Å². The molecule has 4 heteroatoms. The van der Waals surface area contributed by atoms with E-state index in [4.69, 9.17) is 5.73 Å². The highest BCUT2D eigenvalue weighted by molar-refractivity contribution is 7.09. The molecule has 3 nitrogen and oxygen atoms in total. The number of hydrogen-bond donors (Lipinski definition) is 1. The molecule has 1 aromatic carbocycles. The molecule has 1 heterocycles. The molecule has 1 unspecified atom stereocenters. The quantitative estimate of drug-likeness (QED) is 0.859. The average molecular weight is 261 g/mol. The maximum atomic E-state index is 5.71. The molecule has 0 saturated heterocycles. The Balaban J connectivity index is 2.04. The van der Waals surface area contributed by atoms with E-state index in [0.717, 1.165) is 22.9 Å². The first-order valence-electron chi connectivity index (χ1n) is 6.03.